The van der Waals surface area contributed by atoms with Gasteiger partial charge in [0.2, 0.25) is 0 Å². The van der Waals surface area contributed by atoms with Crippen LogP contribution in [0.25, 0.3) is 6.08 Å². The number of hydrogen-bond acceptors (Lipinski definition) is 4. The predicted octanol–water partition coefficient (Wildman–Crippen LogP) is 1.21. The molecule has 0 atom stereocenters. The fraction of sp³-hybridized carbons (Fsp3) is 0.182. The van der Waals surface area contributed by atoms with Crippen LogP contribution in [0.4, 0.5) is 0 Å². The molecule has 1 aromatic carbocycles. The molecule has 0 saturated carbocycles. The summed E-state index contributed by atoms with van der Waals surface area (Å²) < 4.78 is 9.36. The van der Waals surface area contributed by atoms with Gasteiger partial charge in [-0.25, -0.2) is 4.79 Å². The van der Waals surface area contributed by atoms with Crippen LogP contribution < -0.4 is 4.74 Å². The second-order valence-corrected chi connectivity index (χ2v) is 2.79. The number of rotatable bonds is 3. The fourth-order valence-corrected chi connectivity index (χ4v) is 1.03. The predicted molar refractivity (Wildman–Crippen MR) is 61.5 cm³/mol. The number of ether oxygens (including phenoxy) is 2. The smallest absolute Gasteiger partial charge is 0.330 e. The molecule has 0 aliphatic carbocycles. The second kappa shape index (κ2) is 7.26. The van der Waals surface area contributed by atoms with Gasteiger partial charge in [-0.15, -0.1) is 0 Å². The molecule has 84 valence electrons. The summed E-state index contributed by atoms with van der Waals surface area (Å²) in [4.78, 5) is 10.8. The Kier molecular flexibility index (Phi) is 6.79. The van der Waals surface area contributed by atoms with Crippen LogP contribution in [-0.2, 0) is 9.53 Å². The molecule has 0 fully saturated rings. The maximum Gasteiger partial charge on any atom is 0.330 e. The van der Waals surface area contributed by atoms with Crippen LogP contribution >= 0.6 is 0 Å². The van der Waals surface area contributed by atoms with Crippen molar-refractivity contribution in [2.45, 2.75) is 0 Å². The molecule has 0 heterocycles. The monoisotopic (exact) mass is 416 g/mol. The average molecular weight is 415 g/mol. The minimum Gasteiger partial charge on any atom is -0.504 e. The van der Waals surface area contributed by atoms with Crippen molar-refractivity contribution < 1.29 is 19.4 Å². The molecule has 5 heteroatoms. The van der Waals surface area contributed by atoms with E-state index in [4.69, 9.17) is 4.74 Å². The van der Waals surface area contributed by atoms with Crippen LogP contribution in [0.15, 0.2) is 24.3 Å². The zero-order chi connectivity index (χ0) is 11.3. The largest absolute Gasteiger partial charge is 0.504 e. The van der Waals surface area contributed by atoms with Crippen molar-refractivity contribution >= 4 is 39.3 Å². The first kappa shape index (κ1) is 15.0. The molecule has 0 amide bonds. The molecule has 0 aliphatic rings. The Morgan fingerprint density at radius 3 is 2.62 bits per heavy atom. The minimum absolute atomic E-state index is 0. The Labute approximate surface area is 114 Å². The zero-order valence-corrected chi connectivity index (χ0v) is 12.9. The molecule has 0 bridgehead atoms. The molecular weight excluding hydrogens is 403 g/mol. The van der Waals surface area contributed by atoms with E-state index in [2.05, 4.69) is 4.74 Å². The number of esters is 1. The van der Waals surface area contributed by atoms with E-state index in [1.54, 1.807) is 18.2 Å². The van der Waals surface area contributed by atoms with Crippen molar-refractivity contribution in [1.82, 2.24) is 0 Å². The number of hydrogen-bond donors (Lipinski definition) is 1. The van der Waals surface area contributed by atoms with Crippen LogP contribution in [0.5, 0.6) is 11.5 Å². The first-order valence-electron chi connectivity index (χ1n) is 4.30. The molecule has 4 radical (unpaired) electrons. The van der Waals surface area contributed by atoms with Gasteiger partial charge in [0.25, 0.3) is 0 Å². The van der Waals surface area contributed by atoms with E-state index in [1.807, 2.05) is 0 Å². The summed E-state index contributed by atoms with van der Waals surface area (Å²) in [5, 5.41) is 9.32. The number of carbonyl (C=O) groups excluding carboxylic acids is 1. The van der Waals surface area contributed by atoms with Gasteiger partial charge in [0.05, 0.1) is 14.2 Å². The van der Waals surface area contributed by atoms with Crippen molar-refractivity contribution in [3.8, 4) is 11.5 Å². The third kappa shape index (κ3) is 4.21. The van der Waals surface area contributed by atoms with E-state index in [9.17, 15) is 9.90 Å². The Bertz CT molecular complexity index is 388. The van der Waals surface area contributed by atoms with Crippen LogP contribution in [0.3, 0.4) is 0 Å². The number of phenols is 1. The Morgan fingerprint density at radius 1 is 1.38 bits per heavy atom. The van der Waals surface area contributed by atoms with Gasteiger partial charge in [-0.1, -0.05) is 6.07 Å². The summed E-state index contributed by atoms with van der Waals surface area (Å²) in [6, 6.07) is 4.78. The SMILES string of the molecule is COC(=O)/C=C/c1ccc(O)c(OC)c1.[Pb]. The van der Waals surface area contributed by atoms with Crippen LogP contribution in [0.2, 0.25) is 0 Å². The van der Waals surface area contributed by atoms with Crippen molar-refractivity contribution in [2.75, 3.05) is 14.2 Å². The molecule has 0 aromatic heterocycles. The van der Waals surface area contributed by atoms with E-state index >= 15 is 0 Å². The van der Waals surface area contributed by atoms with Crippen molar-refractivity contribution in [1.29, 1.82) is 0 Å². The number of phenolic OH excluding ortho intramolecular Hbond substituents is 1. The molecule has 0 saturated heterocycles. The molecule has 1 N–H and O–H groups in total. The van der Waals surface area contributed by atoms with Crippen molar-refractivity contribution in [2.24, 2.45) is 0 Å². The minimum atomic E-state index is -0.429. The maximum atomic E-state index is 10.8. The Morgan fingerprint density at radius 2 is 2.06 bits per heavy atom. The van der Waals surface area contributed by atoms with Crippen molar-refractivity contribution in [3.05, 3.63) is 29.8 Å². The van der Waals surface area contributed by atoms with Gasteiger partial charge in [-0.3, -0.25) is 0 Å². The van der Waals surface area contributed by atoms with E-state index in [0.717, 1.165) is 5.56 Å². The molecule has 16 heavy (non-hydrogen) atoms. The molecule has 0 spiro atoms. The van der Waals surface area contributed by atoms with Crippen LogP contribution in [0.1, 0.15) is 5.56 Å². The van der Waals surface area contributed by atoms with Gasteiger partial charge < -0.3 is 14.6 Å². The number of methoxy groups -OCH3 is 2. The fourth-order valence-electron chi connectivity index (χ4n) is 1.03. The summed E-state index contributed by atoms with van der Waals surface area (Å²) in [6.07, 6.45) is 2.87. The van der Waals surface area contributed by atoms with E-state index in [1.165, 1.54) is 26.4 Å². The van der Waals surface area contributed by atoms with E-state index in [-0.39, 0.29) is 33.0 Å². The van der Waals surface area contributed by atoms with Crippen LogP contribution in [0, 0.1) is 0 Å². The summed E-state index contributed by atoms with van der Waals surface area (Å²) in [7, 11) is 2.77. The number of benzene rings is 1. The molecule has 0 unspecified atom stereocenters. The zero-order valence-electron chi connectivity index (χ0n) is 9.06. The van der Waals surface area contributed by atoms with Gasteiger partial charge in [0.1, 0.15) is 0 Å². The summed E-state index contributed by atoms with van der Waals surface area (Å²) in [5.74, 6) is -0.00299. The first-order chi connectivity index (χ1) is 7.17. The number of aromatic hydroxyl groups is 1. The number of carbonyl (C=O) groups is 1. The summed E-state index contributed by atoms with van der Waals surface area (Å²) >= 11 is 0. The quantitative estimate of drug-likeness (QED) is 0.458. The first-order valence-corrected chi connectivity index (χ1v) is 4.30. The molecule has 1 rings (SSSR count). The van der Waals surface area contributed by atoms with E-state index in [0.29, 0.717) is 5.75 Å². The summed E-state index contributed by atoms with van der Waals surface area (Å²) in [6.45, 7) is 0. The standard InChI is InChI=1S/C11H12O4.Pb/c1-14-10-7-8(3-5-9(10)12)4-6-11(13)15-2;/h3-7,12H,1-2H3;/b6-4+;. The van der Waals surface area contributed by atoms with Gasteiger partial charge in [0.15, 0.2) is 11.5 Å². The van der Waals surface area contributed by atoms with Crippen LogP contribution in [-0.4, -0.2) is 52.6 Å². The third-order valence-electron chi connectivity index (χ3n) is 1.82. The Balaban J connectivity index is 0.00000225. The third-order valence-corrected chi connectivity index (χ3v) is 1.82. The second-order valence-electron chi connectivity index (χ2n) is 2.79. The van der Waals surface area contributed by atoms with Gasteiger partial charge in [0, 0.05) is 33.4 Å². The molecular formula is C11H12O4Pb. The van der Waals surface area contributed by atoms with E-state index < -0.39 is 5.97 Å². The van der Waals surface area contributed by atoms with Gasteiger partial charge in [-0.05, 0) is 23.8 Å². The normalized spacial score (nSPS) is 9.62. The van der Waals surface area contributed by atoms with Gasteiger partial charge in [-0.2, -0.15) is 0 Å². The maximum absolute atomic E-state index is 10.8. The topological polar surface area (TPSA) is 55.8 Å². The molecule has 0 aliphatic heterocycles. The van der Waals surface area contributed by atoms with Crippen molar-refractivity contribution in [3.63, 3.8) is 0 Å². The summed E-state index contributed by atoms with van der Waals surface area (Å²) in [5.41, 5.74) is 0.745. The molecule has 1 aromatic rings. The Hall–Kier alpha value is -1.05. The average Bonchev–Trinajstić information content (AvgIpc) is 2.27. The molecule has 4 nitrogen and oxygen atoms in total. The van der Waals surface area contributed by atoms with Gasteiger partial charge >= 0.3 is 5.97 Å².